The van der Waals surface area contributed by atoms with Crippen LogP contribution in [0.2, 0.25) is 0 Å². The Balaban J connectivity index is 0.570. The van der Waals surface area contributed by atoms with E-state index < -0.39 is 0 Å². The molecule has 0 atom stereocenters. The largest absolute Gasteiger partial charge is 0.456 e. The third-order valence-corrected chi connectivity index (χ3v) is 25.4. The summed E-state index contributed by atoms with van der Waals surface area (Å²) in [7, 11) is 0. The minimum atomic E-state index is 0.526. The van der Waals surface area contributed by atoms with Crippen LogP contribution in [0.25, 0.3) is 262 Å². The molecule has 0 saturated heterocycles. The highest BCUT2D eigenvalue weighted by atomic mass is 16.3. The number of hydrogen-bond acceptors (Lipinski definition) is 11. The molecule has 610 valence electrons. The van der Waals surface area contributed by atoms with Gasteiger partial charge >= 0.3 is 0 Å². The van der Waals surface area contributed by atoms with E-state index in [1.54, 1.807) is 0 Å². The summed E-state index contributed by atoms with van der Waals surface area (Å²) in [5.74, 6) is 5.18. The SMILES string of the molecule is c1ccc(-c2nc(-c3ccccc3)nc(-c3cccc(-n4c5ccccc5c5cc(-c6ccc7oc8cccc(-c9nc(-c%10ccccc%10)nc(-c%10ccc(-c%11ccc%12c(c%11)c%11cc(-c%13ccc%14oc%15cccc(-c%16nc(-c%17ccccc%17)nc(-c%17ccccc%17)n%16)c%15c%14c%13)ccc%11n%12-c%11ccc%12c(c%11)c%11ccccc%11n%12-c%11ccccc%11)cc%10)n9)c8c7c6)ccc54)c3)n2)cc1. The highest BCUT2D eigenvalue weighted by Gasteiger charge is 2.26. The third-order valence-electron chi connectivity index (χ3n) is 25.4. The maximum atomic E-state index is 6.78. The molecule has 0 amide bonds. The molecule has 8 heterocycles. The third kappa shape index (κ3) is 12.7. The standard InChI is InChI=1S/C117H70N12O2/c1-7-26-72(27-8-1)109-118-110(73-28-9-2-10-29-73)122-115(121-109)83-36-23-39-85(64-83)128-98-45-22-19-40-87(98)91-66-79(53-59-99(91)128)81-55-62-103-95(68-81)108-90(43-25-47-106(108)130-103)117-125-113(76-34-15-5-16-35-76)120-114(126-117)77-50-48-71(49-51-77)78-52-58-100-92(65-78)93-67-80(54-60-101(93)129(100)86-57-61-102-94(70-86)88-41-20-21-44-97(88)127(102)84-37-17-6-18-38-84)82-56-63-104-96(69-82)107-89(42-24-46-105(107)131-104)116-123-111(74-30-11-3-12-31-74)119-112(124-116)75-32-13-4-14-33-75/h1-70H. The molecule has 0 aliphatic rings. The first-order valence-electron chi connectivity index (χ1n) is 43.8. The maximum absolute atomic E-state index is 6.78. The number of fused-ring (bicyclic) bond motifs is 15. The first kappa shape index (κ1) is 74.4. The Hall–Kier alpha value is -18.0. The highest BCUT2D eigenvalue weighted by Crippen LogP contribution is 2.46. The van der Waals surface area contributed by atoms with E-state index in [4.69, 9.17) is 53.7 Å². The molecule has 0 N–H and O–H groups in total. The Labute approximate surface area is 749 Å². The molecule has 8 aromatic heterocycles. The molecule has 14 nitrogen and oxygen atoms in total. The van der Waals surface area contributed by atoms with E-state index in [0.717, 1.165) is 199 Å². The van der Waals surface area contributed by atoms with Crippen LogP contribution in [0.4, 0.5) is 0 Å². The van der Waals surface area contributed by atoms with Gasteiger partial charge in [-0.05, 0) is 161 Å². The van der Waals surface area contributed by atoms with Gasteiger partial charge in [0, 0.05) is 121 Å². The van der Waals surface area contributed by atoms with Crippen molar-refractivity contribution in [1.29, 1.82) is 0 Å². The number of furan rings is 2. The number of para-hydroxylation sites is 3. The molecule has 18 aromatic carbocycles. The number of benzene rings is 18. The molecule has 131 heavy (non-hydrogen) atoms. The number of rotatable bonds is 15. The zero-order valence-corrected chi connectivity index (χ0v) is 70.1. The summed E-state index contributed by atoms with van der Waals surface area (Å²) < 4.78 is 20.6. The Kier molecular flexibility index (Phi) is 17.3. The van der Waals surface area contributed by atoms with E-state index in [0.29, 0.717) is 52.4 Å². The lowest BCUT2D eigenvalue weighted by Gasteiger charge is -2.12. The number of nitrogens with zero attached hydrogens (tertiary/aromatic N) is 12. The average molecular weight is 1680 g/mol. The Morgan fingerprint density at radius 3 is 0.832 bits per heavy atom. The van der Waals surface area contributed by atoms with E-state index in [-0.39, 0.29) is 0 Å². The summed E-state index contributed by atoms with van der Waals surface area (Å²) in [4.78, 5) is 46.7. The van der Waals surface area contributed by atoms with Crippen LogP contribution in [0.1, 0.15) is 0 Å². The van der Waals surface area contributed by atoms with Gasteiger partial charge in [0.2, 0.25) is 0 Å². The topological polar surface area (TPSA) is 157 Å². The van der Waals surface area contributed by atoms with Gasteiger partial charge < -0.3 is 22.5 Å². The van der Waals surface area contributed by atoms with Crippen LogP contribution in [-0.4, -0.2) is 58.6 Å². The minimum Gasteiger partial charge on any atom is -0.456 e. The first-order valence-corrected chi connectivity index (χ1v) is 43.8. The molecule has 0 aliphatic heterocycles. The fraction of sp³-hybridized carbons (Fsp3) is 0. The quantitative estimate of drug-likeness (QED) is 0.0962. The zero-order chi connectivity index (χ0) is 86.1. The van der Waals surface area contributed by atoms with Crippen molar-refractivity contribution in [3.63, 3.8) is 0 Å². The molecule has 0 radical (unpaired) electrons. The minimum absolute atomic E-state index is 0.526. The van der Waals surface area contributed by atoms with Crippen molar-refractivity contribution in [2.24, 2.45) is 0 Å². The summed E-state index contributed by atoms with van der Waals surface area (Å²) in [5, 5.41) is 10.5. The molecule has 0 unspecified atom stereocenters. The van der Waals surface area contributed by atoms with Crippen LogP contribution < -0.4 is 0 Å². The second-order valence-electron chi connectivity index (χ2n) is 33.1. The van der Waals surface area contributed by atoms with Crippen molar-refractivity contribution in [2.45, 2.75) is 0 Å². The van der Waals surface area contributed by atoms with Gasteiger partial charge in [-0.25, -0.2) is 44.9 Å². The van der Waals surface area contributed by atoms with Gasteiger partial charge in [0.25, 0.3) is 0 Å². The van der Waals surface area contributed by atoms with Gasteiger partial charge in [-0.2, -0.15) is 0 Å². The van der Waals surface area contributed by atoms with Crippen molar-refractivity contribution in [3.05, 3.63) is 425 Å². The van der Waals surface area contributed by atoms with Crippen molar-refractivity contribution >= 4 is 109 Å². The number of hydrogen-bond donors (Lipinski definition) is 0. The molecular weight excluding hydrogens is 1610 g/mol. The van der Waals surface area contributed by atoms with Crippen LogP contribution in [0.3, 0.4) is 0 Å². The van der Waals surface area contributed by atoms with Gasteiger partial charge in [-0.3, -0.25) is 0 Å². The Morgan fingerprint density at radius 1 is 0.145 bits per heavy atom. The van der Waals surface area contributed by atoms with Gasteiger partial charge in [0.05, 0.1) is 33.1 Å². The molecule has 0 spiro atoms. The Morgan fingerprint density at radius 2 is 0.412 bits per heavy atom. The van der Waals surface area contributed by atoms with Gasteiger partial charge in [-0.15, -0.1) is 0 Å². The highest BCUT2D eigenvalue weighted by molar-refractivity contribution is 6.18. The fourth-order valence-corrected chi connectivity index (χ4v) is 19.2. The van der Waals surface area contributed by atoms with Crippen molar-refractivity contribution in [1.82, 2.24) is 58.6 Å². The van der Waals surface area contributed by atoms with Gasteiger partial charge in [-0.1, -0.05) is 297 Å². The van der Waals surface area contributed by atoms with E-state index in [1.807, 2.05) is 164 Å². The Bertz CT molecular complexity index is 8970. The van der Waals surface area contributed by atoms with Gasteiger partial charge in [0.15, 0.2) is 52.4 Å². The maximum Gasteiger partial charge on any atom is 0.164 e. The van der Waals surface area contributed by atoms with Crippen LogP contribution in [-0.2, 0) is 0 Å². The smallest absolute Gasteiger partial charge is 0.164 e. The molecule has 0 saturated carbocycles. The molecule has 0 fully saturated rings. The van der Waals surface area contributed by atoms with E-state index >= 15 is 0 Å². The van der Waals surface area contributed by atoms with Crippen LogP contribution in [0.5, 0.6) is 0 Å². The summed E-state index contributed by atoms with van der Waals surface area (Å²) >= 11 is 0. The predicted octanol–water partition coefficient (Wildman–Crippen LogP) is 29.3. The lowest BCUT2D eigenvalue weighted by molar-refractivity contribution is 0.668. The van der Waals surface area contributed by atoms with Crippen LogP contribution in [0, 0.1) is 0 Å². The average Bonchev–Trinajstić information content (AvgIpc) is 1.58. The first-order chi connectivity index (χ1) is 64.9. The summed E-state index contributed by atoms with van der Waals surface area (Å²) in [6.45, 7) is 0. The van der Waals surface area contributed by atoms with Crippen LogP contribution >= 0.6 is 0 Å². The molecule has 0 aliphatic carbocycles. The van der Waals surface area contributed by atoms with E-state index in [2.05, 4.69) is 275 Å². The van der Waals surface area contributed by atoms with Crippen LogP contribution in [0.15, 0.2) is 433 Å². The van der Waals surface area contributed by atoms with Crippen molar-refractivity contribution < 1.29 is 8.83 Å². The number of aromatic nitrogens is 12. The second-order valence-corrected chi connectivity index (χ2v) is 33.1. The monoisotopic (exact) mass is 1670 g/mol. The lowest BCUT2D eigenvalue weighted by atomic mass is 9.98. The zero-order valence-electron chi connectivity index (χ0n) is 70.1. The predicted molar refractivity (Wildman–Crippen MR) is 529 cm³/mol. The normalized spacial score (nSPS) is 11.8. The summed E-state index contributed by atoms with van der Waals surface area (Å²) in [6, 6.07) is 148. The molecule has 26 rings (SSSR count). The summed E-state index contributed by atoms with van der Waals surface area (Å²) in [5.41, 5.74) is 26.9. The van der Waals surface area contributed by atoms with Gasteiger partial charge in [0.1, 0.15) is 22.3 Å². The van der Waals surface area contributed by atoms with Crippen molar-refractivity contribution in [3.8, 4) is 153 Å². The fourth-order valence-electron chi connectivity index (χ4n) is 19.2. The molecule has 14 heteroatoms. The molecular formula is C117H70N12O2. The molecule has 26 aromatic rings. The second kappa shape index (κ2) is 30.4. The summed E-state index contributed by atoms with van der Waals surface area (Å²) in [6.07, 6.45) is 0. The lowest BCUT2D eigenvalue weighted by Crippen LogP contribution is -2.01. The van der Waals surface area contributed by atoms with E-state index in [9.17, 15) is 0 Å². The van der Waals surface area contributed by atoms with E-state index in [1.165, 1.54) is 10.8 Å². The van der Waals surface area contributed by atoms with Crippen molar-refractivity contribution in [2.75, 3.05) is 0 Å². The molecule has 0 bridgehead atoms.